The molecule has 0 atom stereocenters. The summed E-state index contributed by atoms with van der Waals surface area (Å²) in [6.45, 7) is 0. The van der Waals surface area contributed by atoms with Gasteiger partial charge in [0.2, 0.25) is 0 Å². The van der Waals surface area contributed by atoms with Gasteiger partial charge < -0.3 is 5.32 Å². The Hall–Kier alpha value is 0.0400. The number of halogens is 2. The Morgan fingerprint density at radius 3 is 2.93 bits per heavy atom. The van der Waals surface area contributed by atoms with Gasteiger partial charge in [-0.05, 0) is 12.1 Å². The van der Waals surface area contributed by atoms with Crippen LogP contribution in [0.4, 0.5) is 5.69 Å². The minimum atomic E-state index is 0.629. The summed E-state index contributed by atoms with van der Waals surface area (Å²) in [5.74, 6) is 0.968. The van der Waals surface area contributed by atoms with Crippen molar-refractivity contribution in [2.45, 2.75) is 11.3 Å². The van der Waals surface area contributed by atoms with Crippen LogP contribution in [0.1, 0.15) is 6.42 Å². The van der Waals surface area contributed by atoms with E-state index in [1.807, 2.05) is 6.07 Å². The number of thioether (sulfide) groups is 1. The van der Waals surface area contributed by atoms with Gasteiger partial charge in [0, 0.05) is 22.1 Å². The normalized spacial score (nSPS) is 15.7. The summed E-state index contributed by atoms with van der Waals surface area (Å²) in [6.07, 6.45) is 0.878. The van der Waals surface area contributed by atoms with Crippen molar-refractivity contribution in [3.63, 3.8) is 0 Å². The molecule has 0 saturated heterocycles. The molecule has 1 heterocycles. The van der Waals surface area contributed by atoms with Crippen molar-refractivity contribution in [2.75, 3.05) is 11.1 Å². The van der Waals surface area contributed by atoms with Gasteiger partial charge in [0.05, 0.1) is 15.7 Å². The lowest BCUT2D eigenvalue weighted by Crippen LogP contribution is -2.07. The molecule has 1 aromatic rings. The fourth-order valence-electron chi connectivity index (χ4n) is 1.24. The standard InChI is InChI=1S/C9H7Cl2NS2/c10-5-3-6(11)9-7(4-5)14-2-1-8(13)12-9/h3-4H,1-2H2,(H,12,13). The molecule has 1 aliphatic heterocycles. The predicted octanol–water partition coefficient (Wildman–Crippen LogP) is 4.23. The number of nitrogens with one attached hydrogen (secondary N) is 1. The third-order valence-electron chi connectivity index (χ3n) is 1.87. The van der Waals surface area contributed by atoms with Crippen molar-refractivity contribution in [1.82, 2.24) is 0 Å². The SMILES string of the molecule is S=C1CCSc2cc(Cl)cc(Cl)c2N1. The number of hydrogen-bond donors (Lipinski definition) is 1. The van der Waals surface area contributed by atoms with Crippen LogP contribution < -0.4 is 5.32 Å². The van der Waals surface area contributed by atoms with Gasteiger partial charge in [-0.25, -0.2) is 0 Å². The van der Waals surface area contributed by atoms with Crippen molar-refractivity contribution in [1.29, 1.82) is 0 Å². The summed E-state index contributed by atoms with van der Waals surface area (Å²) >= 11 is 18.8. The van der Waals surface area contributed by atoms with E-state index in [0.717, 1.165) is 27.7 Å². The summed E-state index contributed by atoms with van der Waals surface area (Å²) in [7, 11) is 0. The molecule has 14 heavy (non-hydrogen) atoms. The smallest absolute Gasteiger partial charge is 0.0806 e. The maximum absolute atomic E-state index is 6.07. The molecule has 0 fully saturated rings. The van der Waals surface area contributed by atoms with Crippen molar-refractivity contribution >= 4 is 57.9 Å². The number of anilines is 1. The van der Waals surface area contributed by atoms with Gasteiger partial charge in [-0.2, -0.15) is 0 Å². The van der Waals surface area contributed by atoms with Gasteiger partial charge >= 0.3 is 0 Å². The van der Waals surface area contributed by atoms with E-state index in [1.165, 1.54) is 0 Å². The van der Waals surface area contributed by atoms with Crippen molar-refractivity contribution < 1.29 is 0 Å². The Balaban J connectivity index is 2.50. The Labute approximate surface area is 102 Å². The Kier molecular flexibility index (Phi) is 3.22. The quantitative estimate of drug-likeness (QED) is 0.704. The first-order valence-electron chi connectivity index (χ1n) is 4.08. The molecule has 1 nitrogen and oxygen atoms in total. The highest BCUT2D eigenvalue weighted by Gasteiger charge is 2.14. The second-order valence-corrected chi connectivity index (χ2v) is 5.38. The van der Waals surface area contributed by atoms with Gasteiger partial charge in [0.1, 0.15) is 0 Å². The van der Waals surface area contributed by atoms with Gasteiger partial charge in [-0.1, -0.05) is 35.4 Å². The van der Waals surface area contributed by atoms with E-state index < -0.39 is 0 Å². The molecule has 0 bridgehead atoms. The molecule has 74 valence electrons. The summed E-state index contributed by atoms with van der Waals surface area (Å²) in [5, 5.41) is 4.43. The van der Waals surface area contributed by atoms with E-state index in [4.69, 9.17) is 35.4 Å². The fraction of sp³-hybridized carbons (Fsp3) is 0.222. The predicted molar refractivity (Wildman–Crippen MR) is 68.0 cm³/mol. The molecular formula is C9H7Cl2NS2. The largest absolute Gasteiger partial charge is 0.348 e. The first-order chi connectivity index (χ1) is 6.66. The third kappa shape index (κ3) is 2.16. The molecule has 0 unspecified atom stereocenters. The molecule has 1 aromatic carbocycles. The maximum atomic E-state index is 6.07. The van der Waals surface area contributed by atoms with Gasteiger partial charge in [-0.15, -0.1) is 11.8 Å². The summed E-state index contributed by atoms with van der Waals surface area (Å²) < 4.78 is 0. The van der Waals surface area contributed by atoms with Crippen molar-refractivity contribution in [2.24, 2.45) is 0 Å². The topological polar surface area (TPSA) is 12.0 Å². The molecular weight excluding hydrogens is 257 g/mol. The van der Waals surface area contributed by atoms with Gasteiger partial charge in [0.15, 0.2) is 0 Å². The van der Waals surface area contributed by atoms with Crippen LogP contribution >= 0.6 is 47.2 Å². The molecule has 1 aliphatic rings. The molecule has 0 spiro atoms. The Morgan fingerprint density at radius 1 is 1.36 bits per heavy atom. The van der Waals surface area contributed by atoms with Crippen LogP contribution in [0.2, 0.25) is 10.0 Å². The van der Waals surface area contributed by atoms with Crippen LogP contribution in [-0.4, -0.2) is 10.7 Å². The number of rotatable bonds is 0. The van der Waals surface area contributed by atoms with Crippen molar-refractivity contribution in [3.8, 4) is 0 Å². The first kappa shape index (κ1) is 10.6. The number of hydrogen-bond acceptors (Lipinski definition) is 2. The number of benzene rings is 1. The monoisotopic (exact) mass is 263 g/mol. The van der Waals surface area contributed by atoms with E-state index in [0.29, 0.717) is 10.0 Å². The highest BCUT2D eigenvalue weighted by Crippen LogP contribution is 2.38. The number of fused-ring (bicyclic) bond motifs is 1. The lowest BCUT2D eigenvalue weighted by molar-refractivity contribution is 1.34. The first-order valence-corrected chi connectivity index (χ1v) is 6.23. The molecule has 0 aliphatic carbocycles. The molecule has 2 rings (SSSR count). The van der Waals surface area contributed by atoms with Crippen molar-refractivity contribution in [3.05, 3.63) is 22.2 Å². The zero-order valence-electron chi connectivity index (χ0n) is 7.14. The van der Waals surface area contributed by atoms with Gasteiger partial charge in [-0.3, -0.25) is 0 Å². The number of thiocarbonyl (C=S) groups is 1. The third-order valence-corrected chi connectivity index (χ3v) is 3.73. The van der Waals surface area contributed by atoms with E-state index >= 15 is 0 Å². The van der Waals surface area contributed by atoms with E-state index in [2.05, 4.69) is 5.32 Å². The van der Waals surface area contributed by atoms with Gasteiger partial charge in [0.25, 0.3) is 0 Å². The fourth-order valence-corrected chi connectivity index (χ4v) is 3.28. The summed E-state index contributed by atoms with van der Waals surface area (Å²) in [5.41, 5.74) is 0.892. The molecule has 0 amide bonds. The highest BCUT2D eigenvalue weighted by atomic mass is 35.5. The Bertz CT molecular complexity index is 393. The maximum Gasteiger partial charge on any atom is 0.0806 e. The minimum absolute atomic E-state index is 0.629. The second kappa shape index (κ2) is 4.27. The van der Waals surface area contributed by atoms with E-state index in [9.17, 15) is 0 Å². The van der Waals surface area contributed by atoms with Crippen LogP contribution in [0.3, 0.4) is 0 Å². The van der Waals surface area contributed by atoms with Crippen LogP contribution in [0.25, 0.3) is 0 Å². The average molecular weight is 264 g/mol. The zero-order chi connectivity index (χ0) is 10.1. The van der Waals surface area contributed by atoms with Crippen LogP contribution in [0.15, 0.2) is 17.0 Å². The lowest BCUT2D eigenvalue weighted by atomic mass is 10.3. The van der Waals surface area contributed by atoms with Crippen LogP contribution in [0.5, 0.6) is 0 Å². The molecule has 0 aromatic heterocycles. The summed E-state index contributed by atoms with van der Waals surface area (Å²) in [4.78, 5) is 1.91. The van der Waals surface area contributed by atoms with Crippen LogP contribution in [-0.2, 0) is 0 Å². The Morgan fingerprint density at radius 2 is 2.14 bits per heavy atom. The van der Waals surface area contributed by atoms with E-state index in [1.54, 1.807) is 17.8 Å². The zero-order valence-corrected chi connectivity index (χ0v) is 10.3. The van der Waals surface area contributed by atoms with Crippen LogP contribution in [0, 0.1) is 0 Å². The average Bonchev–Trinajstić information content (AvgIpc) is 2.27. The van der Waals surface area contributed by atoms with E-state index in [-0.39, 0.29) is 0 Å². The molecule has 1 N–H and O–H groups in total. The molecule has 5 heteroatoms. The summed E-state index contributed by atoms with van der Waals surface area (Å²) in [6, 6.07) is 3.64. The lowest BCUT2D eigenvalue weighted by Gasteiger charge is -2.09. The minimum Gasteiger partial charge on any atom is -0.348 e. The second-order valence-electron chi connectivity index (χ2n) is 2.91. The highest BCUT2D eigenvalue weighted by molar-refractivity contribution is 7.99. The molecule has 0 radical (unpaired) electrons. The molecule has 0 saturated carbocycles.